The van der Waals surface area contributed by atoms with E-state index in [-0.39, 0.29) is 35.4 Å². The summed E-state index contributed by atoms with van der Waals surface area (Å²) in [6, 6.07) is 8.73. The molecule has 1 aliphatic rings. The summed E-state index contributed by atoms with van der Waals surface area (Å²) in [5, 5.41) is 12.7. The lowest BCUT2D eigenvalue weighted by atomic mass is 10.1. The van der Waals surface area contributed by atoms with Crippen molar-refractivity contribution in [1.82, 2.24) is 4.90 Å². The van der Waals surface area contributed by atoms with Crippen LogP contribution in [0.5, 0.6) is 0 Å². The smallest absolute Gasteiger partial charge is 0.292 e. The fourth-order valence-corrected chi connectivity index (χ4v) is 3.67. The average molecular weight is 468 g/mol. The Kier molecular flexibility index (Phi) is 9.11. The van der Waals surface area contributed by atoms with Crippen LogP contribution in [0.15, 0.2) is 30.3 Å². The molecule has 154 valence electrons. The van der Waals surface area contributed by atoms with Crippen LogP contribution in [0.4, 0.5) is 17.1 Å². The summed E-state index contributed by atoms with van der Waals surface area (Å²) in [5.74, 6) is 0. The molecule has 1 aliphatic heterocycles. The van der Waals surface area contributed by atoms with E-state index in [0.717, 1.165) is 18.7 Å². The van der Waals surface area contributed by atoms with Crippen molar-refractivity contribution in [1.29, 1.82) is 0 Å². The Morgan fingerprint density at radius 1 is 1.11 bits per heavy atom. The van der Waals surface area contributed by atoms with Gasteiger partial charge in [0.2, 0.25) is 0 Å². The molecule has 0 amide bonds. The molecule has 6 nitrogen and oxygen atoms in total. The quantitative estimate of drug-likeness (QED) is 0.390. The number of nitro groups is 1. The molecule has 10 heteroatoms. The van der Waals surface area contributed by atoms with Gasteiger partial charge in [-0.2, -0.15) is 0 Å². The Morgan fingerprint density at radius 2 is 1.68 bits per heavy atom. The number of aryl methyl sites for hydroxylation is 1. The van der Waals surface area contributed by atoms with Gasteiger partial charge in [0.1, 0.15) is 5.69 Å². The number of nitrogen functional groups attached to an aromatic ring is 1. The van der Waals surface area contributed by atoms with E-state index in [1.165, 1.54) is 0 Å². The third kappa shape index (κ3) is 5.33. The summed E-state index contributed by atoms with van der Waals surface area (Å²) in [7, 11) is 0. The number of piperazine rings is 1. The number of benzene rings is 2. The Balaban J connectivity index is 0.00000196. The second-order valence-electron chi connectivity index (χ2n) is 6.42. The molecule has 0 aliphatic carbocycles. The summed E-state index contributed by atoms with van der Waals surface area (Å²) in [4.78, 5) is 15.3. The van der Waals surface area contributed by atoms with Gasteiger partial charge >= 0.3 is 0 Å². The average Bonchev–Trinajstić information content (AvgIpc) is 2.61. The largest absolute Gasteiger partial charge is 0.398 e. The zero-order valence-corrected chi connectivity index (χ0v) is 18.4. The number of nitrogens with two attached hydrogens (primary N) is 1. The molecule has 3 rings (SSSR count). The van der Waals surface area contributed by atoms with Gasteiger partial charge in [0.25, 0.3) is 5.69 Å². The van der Waals surface area contributed by atoms with E-state index in [2.05, 4.69) is 4.90 Å². The normalized spacial score (nSPS) is 14.2. The lowest BCUT2D eigenvalue weighted by Crippen LogP contribution is -2.46. The molecule has 2 aromatic carbocycles. The van der Waals surface area contributed by atoms with Crippen LogP contribution in [0.2, 0.25) is 10.0 Å². The third-order valence-electron chi connectivity index (χ3n) is 4.72. The summed E-state index contributed by atoms with van der Waals surface area (Å²) < 4.78 is 0. The first-order valence-corrected chi connectivity index (χ1v) is 9.07. The predicted octanol–water partition coefficient (Wildman–Crippen LogP) is 4.96. The van der Waals surface area contributed by atoms with E-state index < -0.39 is 0 Å². The second-order valence-corrected chi connectivity index (χ2v) is 7.23. The molecule has 1 fully saturated rings. The minimum atomic E-state index is -0.350. The number of hydrogen-bond donors (Lipinski definition) is 1. The minimum absolute atomic E-state index is 0. The molecule has 1 saturated heterocycles. The van der Waals surface area contributed by atoms with Crippen LogP contribution in [0.3, 0.4) is 0 Å². The SMILES string of the molecule is Cc1cc([N+](=O)[O-])c(N2CCN(Cc3c(Cl)cccc3Cl)CC2)cc1N.Cl.Cl. The lowest BCUT2D eigenvalue weighted by Gasteiger charge is -2.36. The van der Waals surface area contributed by atoms with Crippen LogP contribution < -0.4 is 10.6 Å². The van der Waals surface area contributed by atoms with Crippen molar-refractivity contribution in [2.45, 2.75) is 13.5 Å². The van der Waals surface area contributed by atoms with Crippen LogP contribution in [0, 0.1) is 17.0 Å². The zero-order chi connectivity index (χ0) is 18.8. The summed E-state index contributed by atoms with van der Waals surface area (Å²) in [5.41, 5.74) is 8.84. The number of anilines is 2. The lowest BCUT2D eigenvalue weighted by molar-refractivity contribution is -0.384. The first kappa shape index (κ1) is 24.6. The highest BCUT2D eigenvalue weighted by atomic mass is 35.5. The maximum atomic E-state index is 11.4. The molecule has 0 aromatic heterocycles. The number of rotatable bonds is 4. The molecule has 0 spiro atoms. The molecular formula is C18H22Cl4N4O2. The monoisotopic (exact) mass is 466 g/mol. The van der Waals surface area contributed by atoms with Crippen LogP contribution in [0.25, 0.3) is 0 Å². The van der Waals surface area contributed by atoms with Gasteiger partial charge in [0.05, 0.1) is 4.92 Å². The number of nitrogens with zero attached hydrogens (tertiary/aromatic N) is 3. The van der Waals surface area contributed by atoms with Gasteiger partial charge in [-0.15, -0.1) is 24.8 Å². The van der Waals surface area contributed by atoms with Crippen LogP contribution >= 0.6 is 48.0 Å². The van der Waals surface area contributed by atoms with Gasteiger partial charge in [-0.1, -0.05) is 29.3 Å². The van der Waals surface area contributed by atoms with E-state index in [4.69, 9.17) is 28.9 Å². The van der Waals surface area contributed by atoms with Crippen LogP contribution in [-0.2, 0) is 6.54 Å². The molecule has 28 heavy (non-hydrogen) atoms. The second kappa shape index (κ2) is 10.4. The molecule has 0 bridgehead atoms. The van der Waals surface area contributed by atoms with Crippen molar-refractivity contribution in [3.05, 3.63) is 61.6 Å². The summed E-state index contributed by atoms with van der Waals surface area (Å²) >= 11 is 12.5. The van der Waals surface area contributed by atoms with Gasteiger partial charge in [-0.3, -0.25) is 15.0 Å². The number of nitro benzene ring substituents is 1. The van der Waals surface area contributed by atoms with Crippen LogP contribution in [0.1, 0.15) is 11.1 Å². The standard InChI is InChI=1S/C18H20Cl2N4O2.2ClH/c1-12-9-18(24(25)26)17(10-16(12)21)23-7-5-22(6-8-23)11-13-14(19)3-2-4-15(13)20;;/h2-4,9-10H,5-8,11,21H2,1H3;2*1H. The molecule has 0 atom stereocenters. The fraction of sp³-hybridized carbons (Fsp3) is 0.333. The van der Waals surface area contributed by atoms with Crippen molar-refractivity contribution in [2.24, 2.45) is 0 Å². The highest BCUT2D eigenvalue weighted by Crippen LogP contribution is 2.33. The van der Waals surface area contributed by atoms with Gasteiger partial charge in [0.15, 0.2) is 0 Å². The maximum Gasteiger partial charge on any atom is 0.292 e. The van der Waals surface area contributed by atoms with Crippen LogP contribution in [-0.4, -0.2) is 36.0 Å². The minimum Gasteiger partial charge on any atom is -0.398 e. The number of hydrogen-bond acceptors (Lipinski definition) is 5. The molecular weight excluding hydrogens is 446 g/mol. The first-order chi connectivity index (χ1) is 12.4. The molecule has 0 saturated carbocycles. The Labute approximate surface area is 186 Å². The number of halogens is 4. The van der Waals surface area contributed by atoms with Gasteiger partial charge < -0.3 is 10.6 Å². The first-order valence-electron chi connectivity index (χ1n) is 8.31. The maximum absolute atomic E-state index is 11.4. The Hall–Kier alpha value is -1.44. The molecule has 0 unspecified atom stereocenters. The van der Waals surface area contributed by atoms with E-state index in [0.29, 0.717) is 46.6 Å². The van der Waals surface area contributed by atoms with Gasteiger partial charge in [0, 0.05) is 60.1 Å². The Bertz CT molecular complexity index is 822. The van der Waals surface area contributed by atoms with E-state index in [9.17, 15) is 10.1 Å². The summed E-state index contributed by atoms with van der Waals surface area (Å²) in [6.45, 7) is 5.29. The van der Waals surface area contributed by atoms with Crippen molar-refractivity contribution in [3.8, 4) is 0 Å². The van der Waals surface area contributed by atoms with Crippen molar-refractivity contribution in [3.63, 3.8) is 0 Å². The predicted molar refractivity (Wildman–Crippen MR) is 121 cm³/mol. The fourth-order valence-electron chi connectivity index (χ4n) is 3.15. The van der Waals surface area contributed by atoms with Crippen molar-refractivity contribution < 1.29 is 4.92 Å². The topological polar surface area (TPSA) is 75.6 Å². The van der Waals surface area contributed by atoms with Gasteiger partial charge in [-0.25, -0.2) is 0 Å². The highest BCUT2D eigenvalue weighted by molar-refractivity contribution is 6.35. The zero-order valence-electron chi connectivity index (χ0n) is 15.2. The van der Waals surface area contributed by atoms with Crippen molar-refractivity contribution in [2.75, 3.05) is 36.8 Å². The molecule has 1 heterocycles. The Morgan fingerprint density at radius 3 is 2.21 bits per heavy atom. The van der Waals surface area contributed by atoms with E-state index >= 15 is 0 Å². The van der Waals surface area contributed by atoms with Crippen molar-refractivity contribution >= 4 is 65.1 Å². The molecule has 0 radical (unpaired) electrons. The third-order valence-corrected chi connectivity index (χ3v) is 5.42. The van der Waals surface area contributed by atoms with E-state index in [1.807, 2.05) is 23.1 Å². The highest BCUT2D eigenvalue weighted by Gasteiger charge is 2.25. The van der Waals surface area contributed by atoms with E-state index in [1.54, 1.807) is 19.1 Å². The summed E-state index contributed by atoms with van der Waals surface area (Å²) in [6.07, 6.45) is 0. The molecule has 2 aromatic rings. The molecule has 2 N–H and O–H groups in total. The van der Waals surface area contributed by atoms with Gasteiger partial charge in [-0.05, 0) is 30.7 Å².